The lowest BCUT2D eigenvalue weighted by Crippen LogP contribution is -2.15. The van der Waals surface area contributed by atoms with Crippen molar-refractivity contribution in [2.45, 2.75) is 23.8 Å². The summed E-state index contributed by atoms with van der Waals surface area (Å²) >= 11 is 0. The Kier molecular flexibility index (Phi) is 3.34. The molecule has 22 heavy (non-hydrogen) atoms. The molecule has 0 unspecified atom stereocenters. The molecule has 2 aromatic heterocycles. The van der Waals surface area contributed by atoms with Gasteiger partial charge in [0.05, 0.1) is 11.9 Å². The Hall–Kier alpha value is -2.45. The van der Waals surface area contributed by atoms with Crippen molar-refractivity contribution < 1.29 is 8.42 Å². The van der Waals surface area contributed by atoms with E-state index >= 15 is 0 Å². The number of aromatic amines is 1. The highest BCUT2D eigenvalue weighted by atomic mass is 32.2. The van der Waals surface area contributed by atoms with E-state index in [0.717, 1.165) is 5.56 Å². The Labute approximate surface area is 127 Å². The number of aryl methyl sites for hydroxylation is 1. The summed E-state index contributed by atoms with van der Waals surface area (Å²) in [5.74, 6) is 5.46. The van der Waals surface area contributed by atoms with Crippen LogP contribution in [0.5, 0.6) is 0 Å². The van der Waals surface area contributed by atoms with E-state index < -0.39 is 9.84 Å². The maximum atomic E-state index is 12.9. The lowest BCUT2D eigenvalue weighted by molar-refractivity contribution is 0.592. The monoisotopic (exact) mass is 317 g/mol. The Morgan fingerprint density at radius 3 is 2.73 bits per heavy atom. The number of benzene rings is 1. The zero-order valence-electron chi connectivity index (χ0n) is 12.1. The van der Waals surface area contributed by atoms with Gasteiger partial charge in [0, 0.05) is 6.20 Å². The smallest absolute Gasteiger partial charge is 0.227 e. The molecule has 0 radical (unpaired) electrons. The zero-order valence-corrected chi connectivity index (χ0v) is 12.9. The number of H-pyrrole nitrogens is 1. The van der Waals surface area contributed by atoms with Crippen molar-refractivity contribution in [1.29, 1.82) is 0 Å². The lowest BCUT2D eigenvalue weighted by atomic mass is 10.1. The first-order valence-electron chi connectivity index (χ1n) is 6.57. The molecule has 0 amide bonds. The minimum absolute atomic E-state index is 0.107. The molecule has 0 spiro atoms. The number of anilines is 1. The molecule has 1 aromatic carbocycles. The predicted octanol–water partition coefficient (Wildman–Crippen LogP) is 1.69. The molecule has 0 saturated carbocycles. The summed E-state index contributed by atoms with van der Waals surface area (Å²) in [6.07, 6.45) is 2.90. The van der Waals surface area contributed by atoms with Crippen LogP contribution in [-0.2, 0) is 9.84 Å². The van der Waals surface area contributed by atoms with Crippen molar-refractivity contribution in [3.63, 3.8) is 0 Å². The van der Waals surface area contributed by atoms with Crippen LogP contribution in [0.3, 0.4) is 0 Å². The topological polar surface area (TPSA) is 114 Å². The van der Waals surface area contributed by atoms with Crippen LogP contribution in [-0.4, -0.2) is 23.4 Å². The summed E-state index contributed by atoms with van der Waals surface area (Å²) in [6.45, 7) is 3.58. The largest absolute Gasteiger partial charge is 0.345 e. The second kappa shape index (κ2) is 5.08. The van der Waals surface area contributed by atoms with E-state index in [1.165, 1.54) is 6.20 Å². The van der Waals surface area contributed by atoms with Crippen LogP contribution in [0.4, 0.5) is 5.69 Å². The third kappa shape index (κ3) is 2.13. The molecule has 0 bridgehead atoms. The van der Waals surface area contributed by atoms with Crippen LogP contribution in [0.1, 0.15) is 11.1 Å². The summed E-state index contributed by atoms with van der Waals surface area (Å²) in [5, 5.41) is -0.107. The van der Waals surface area contributed by atoms with Gasteiger partial charge >= 0.3 is 0 Å². The van der Waals surface area contributed by atoms with Gasteiger partial charge in [-0.25, -0.2) is 18.4 Å². The third-order valence-electron chi connectivity index (χ3n) is 3.61. The number of nitrogens with two attached hydrogens (primary N) is 1. The first kappa shape index (κ1) is 14.5. The highest BCUT2D eigenvalue weighted by Gasteiger charge is 2.26. The van der Waals surface area contributed by atoms with Gasteiger partial charge in [-0.1, -0.05) is 6.07 Å². The van der Waals surface area contributed by atoms with Gasteiger partial charge < -0.3 is 10.4 Å². The summed E-state index contributed by atoms with van der Waals surface area (Å²) in [7, 11) is -3.83. The zero-order chi connectivity index (χ0) is 15.9. The number of hydrogen-bond donors (Lipinski definition) is 3. The van der Waals surface area contributed by atoms with Crippen molar-refractivity contribution in [3.05, 3.63) is 41.7 Å². The molecule has 0 saturated heterocycles. The lowest BCUT2D eigenvalue weighted by Gasteiger charge is -2.14. The minimum atomic E-state index is -3.83. The highest BCUT2D eigenvalue weighted by molar-refractivity contribution is 7.91. The SMILES string of the molecule is Cc1ccc(NN)c(S(=O)(=O)c2cnc3[nH]ccc3n2)c1C. The minimum Gasteiger partial charge on any atom is -0.345 e. The van der Waals surface area contributed by atoms with Crippen LogP contribution >= 0.6 is 0 Å². The van der Waals surface area contributed by atoms with E-state index in [-0.39, 0.29) is 9.92 Å². The molecule has 8 heteroatoms. The fourth-order valence-corrected chi connectivity index (χ4v) is 3.90. The number of hydrogen-bond acceptors (Lipinski definition) is 6. The number of aromatic nitrogens is 3. The van der Waals surface area contributed by atoms with E-state index in [2.05, 4.69) is 20.4 Å². The number of nitrogens with one attached hydrogen (secondary N) is 2. The van der Waals surface area contributed by atoms with Crippen molar-refractivity contribution in [3.8, 4) is 0 Å². The molecule has 114 valence electrons. The number of nitrogen functional groups attached to an aromatic ring is 1. The van der Waals surface area contributed by atoms with Crippen LogP contribution in [0, 0.1) is 13.8 Å². The Bertz CT molecular complexity index is 963. The van der Waals surface area contributed by atoms with Gasteiger partial charge in [0.25, 0.3) is 0 Å². The van der Waals surface area contributed by atoms with Crippen molar-refractivity contribution >= 4 is 26.7 Å². The first-order valence-corrected chi connectivity index (χ1v) is 8.05. The van der Waals surface area contributed by atoms with Crippen LogP contribution in [0.15, 0.2) is 40.5 Å². The van der Waals surface area contributed by atoms with E-state index in [9.17, 15) is 8.42 Å². The molecule has 2 heterocycles. The molecular weight excluding hydrogens is 302 g/mol. The average Bonchev–Trinajstić information content (AvgIpc) is 2.97. The van der Waals surface area contributed by atoms with Gasteiger partial charge in [-0.3, -0.25) is 5.84 Å². The van der Waals surface area contributed by atoms with Gasteiger partial charge in [-0.15, -0.1) is 0 Å². The summed E-state index contributed by atoms with van der Waals surface area (Å²) < 4.78 is 25.9. The van der Waals surface area contributed by atoms with Gasteiger partial charge in [-0.2, -0.15) is 0 Å². The van der Waals surface area contributed by atoms with E-state index in [1.807, 2.05) is 13.0 Å². The molecule has 4 N–H and O–H groups in total. The van der Waals surface area contributed by atoms with Crippen LogP contribution < -0.4 is 11.3 Å². The number of fused-ring (bicyclic) bond motifs is 1. The molecule has 0 aliphatic rings. The highest BCUT2D eigenvalue weighted by Crippen LogP contribution is 2.31. The fraction of sp³-hybridized carbons (Fsp3) is 0.143. The molecule has 0 atom stereocenters. The average molecular weight is 317 g/mol. The fourth-order valence-electron chi connectivity index (χ4n) is 2.30. The predicted molar refractivity (Wildman–Crippen MR) is 83.1 cm³/mol. The third-order valence-corrected chi connectivity index (χ3v) is 5.43. The van der Waals surface area contributed by atoms with E-state index in [1.54, 1.807) is 25.3 Å². The number of sulfone groups is 1. The maximum Gasteiger partial charge on any atom is 0.227 e. The van der Waals surface area contributed by atoms with Crippen molar-refractivity contribution in [2.75, 3.05) is 5.43 Å². The summed E-state index contributed by atoms with van der Waals surface area (Å²) in [4.78, 5) is 11.3. The summed E-state index contributed by atoms with van der Waals surface area (Å²) in [6, 6.07) is 5.12. The normalized spacial score (nSPS) is 11.8. The first-order chi connectivity index (χ1) is 10.4. The quantitative estimate of drug-likeness (QED) is 0.500. The summed E-state index contributed by atoms with van der Waals surface area (Å²) in [5.41, 5.74) is 5.29. The molecule has 0 fully saturated rings. The second-order valence-electron chi connectivity index (χ2n) is 4.95. The molecule has 3 rings (SSSR count). The molecule has 0 aliphatic carbocycles. The standard InChI is InChI=1S/C14H15N5O2S/c1-8-3-4-10(19-15)13(9(8)2)22(20,21)12-7-17-14-11(18-12)5-6-16-14/h3-7,19H,15H2,1-2H3,(H,16,17). The Balaban J connectivity index is 2.27. The van der Waals surface area contributed by atoms with Gasteiger partial charge in [0.2, 0.25) is 9.84 Å². The van der Waals surface area contributed by atoms with Gasteiger partial charge in [0.15, 0.2) is 10.7 Å². The van der Waals surface area contributed by atoms with Gasteiger partial charge in [-0.05, 0) is 37.1 Å². The number of rotatable bonds is 3. The van der Waals surface area contributed by atoms with Crippen molar-refractivity contribution in [1.82, 2.24) is 15.0 Å². The number of hydrazine groups is 1. The molecule has 0 aliphatic heterocycles. The van der Waals surface area contributed by atoms with Crippen molar-refractivity contribution in [2.24, 2.45) is 5.84 Å². The number of nitrogens with zero attached hydrogens (tertiary/aromatic N) is 2. The Morgan fingerprint density at radius 2 is 2.00 bits per heavy atom. The second-order valence-corrected chi connectivity index (χ2v) is 6.79. The van der Waals surface area contributed by atoms with E-state index in [0.29, 0.717) is 22.4 Å². The van der Waals surface area contributed by atoms with Crippen LogP contribution in [0.2, 0.25) is 0 Å². The Morgan fingerprint density at radius 1 is 1.23 bits per heavy atom. The van der Waals surface area contributed by atoms with Crippen LogP contribution in [0.25, 0.3) is 11.2 Å². The maximum absolute atomic E-state index is 12.9. The molecular formula is C14H15N5O2S. The molecule has 7 nitrogen and oxygen atoms in total. The van der Waals surface area contributed by atoms with E-state index in [4.69, 9.17) is 5.84 Å². The molecule has 3 aromatic rings. The van der Waals surface area contributed by atoms with Gasteiger partial charge in [0.1, 0.15) is 10.4 Å².